The van der Waals surface area contributed by atoms with Gasteiger partial charge in [0.05, 0.1) is 0 Å². The van der Waals surface area contributed by atoms with Gasteiger partial charge in [0, 0.05) is 32.6 Å². The molecule has 2 aromatic rings. The van der Waals surface area contributed by atoms with Gasteiger partial charge in [-0.15, -0.1) is 0 Å². The quantitative estimate of drug-likeness (QED) is 0.670. The Labute approximate surface area is 175 Å². The van der Waals surface area contributed by atoms with Crippen LogP contribution in [-0.4, -0.2) is 41.9 Å². The van der Waals surface area contributed by atoms with Crippen molar-refractivity contribution in [3.05, 3.63) is 59.7 Å². The second-order valence-corrected chi connectivity index (χ2v) is 8.89. The van der Waals surface area contributed by atoms with Crippen LogP contribution in [0.3, 0.4) is 0 Å². The highest BCUT2D eigenvalue weighted by Crippen LogP contribution is 2.26. The molecule has 4 rings (SSSR count). The minimum atomic E-state index is 0.380. The molecule has 0 aromatic heterocycles. The molecule has 0 radical (unpaired) electrons. The van der Waals surface area contributed by atoms with E-state index in [1.807, 2.05) is 0 Å². The first-order valence-corrected chi connectivity index (χ1v) is 11.3. The summed E-state index contributed by atoms with van der Waals surface area (Å²) in [6, 6.07) is 17.6. The maximum absolute atomic E-state index is 12.4. The number of carbonyl (C=O) groups excluding carboxylic acids is 1. The van der Waals surface area contributed by atoms with E-state index >= 15 is 0 Å². The van der Waals surface area contributed by atoms with Gasteiger partial charge in [-0.3, -0.25) is 9.69 Å². The van der Waals surface area contributed by atoms with E-state index < -0.39 is 0 Å². The summed E-state index contributed by atoms with van der Waals surface area (Å²) < 4.78 is 0. The first kappa shape index (κ1) is 20.2. The van der Waals surface area contributed by atoms with E-state index in [4.69, 9.17) is 0 Å². The fourth-order valence-corrected chi connectivity index (χ4v) is 4.97. The third-order valence-electron chi connectivity index (χ3n) is 6.62. The van der Waals surface area contributed by atoms with Crippen LogP contribution in [0.1, 0.15) is 49.7 Å². The van der Waals surface area contributed by atoms with Crippen molar-refractivity contribution in [3.8, 4) is 11.1 Å². The van der Waals surface area contributed by atoms with E-state index in [-0.39, 0.29) is 0 Å². The van der Waals surface area contributed by atoms with Gasteiger partial charge >= 0.3 is 0 Å². The molecule has 154 valence electrons. The standard InChI is InChI=1S/C26H34N2O/c1-21-8-2-3-12-25(21)24-11-6-9-23(18-24)20-27-15-7-10-22(19-27)13-14-26(29)28-16-4-5-17-28/h2-3,6,8-9,11-12,18,22H,4-5,7,10,13-17,19-20H2,1H3/t22-/m1/s1. The number of piperidine rings is 1. The molecule has 2 aromatic carbocycles. The van der Waals surface area contributed by atoms with Crippen molar-refractivity contribution in [2.75, 3.05) is 26.2 Å². The van der Waals surface area contributed by atoms with E-state index in [1.165, 1.54) is 54.5 Å². The Kier molecular flexibility index (Phi) is 6.66. The van der Waals surface area contributed by atoms with E-state index in [9.17, 15) is 4.79 Å². The Morgan fingerprint density at radius 2 is 1.83 bits per heavy atom. The summed E-state index contributed by atoms with van der Waals surface area (Å²) in [6.07, 6.45) is 6.68. The van der Waals surface area contributed by atoms with Crippen LogP contribution in [0.25, 0.3) is 11.1 Å². The average molecular weight is 391 g/mol. The summed E-state index contributed by atoms with van der Waals surface area (Å²) in [5, 5.41) is 0. The molecule has 1 atom stereocenters. The Morgan fingerprint density at radius 3 is 2.66 bits per heavy atom. The number of rotatable bonds is 6. The molecule has 2 aliphatic rings. The van der Waals surface area contributed by atoms with Crippen LogP contribution < -0.4 is 0 Å². The molecule has 3 nitrogen and oxygen atoms in total. The number of benzene rings is 2. The highest BCUT2D eigenvalue weighted by molar-refractivity contribution is 5.76. The Bertz CT molecular complexity index is 825. The van der Waals surface area contributed by atoms with Crippen molar-refractivity contribution >= 4 is 5.91 Å². The van der Waals surface area contributed by atoms with Crippen molar-refractivity contribution in [3.63, 3.8) is 0 Å². The summed E-state index contributed by atoms with van der Waals surface area (Å²) in [4.78, 5) is 17.0. The molecule has 2 saturated heterocycles. The fourth-order valence-electron chi connectivity index (χ4n) is 4.97. The molecule has 29 heavy (non-hydrogen) atoms. The molecule has 0 N–H and O–H groups in total. The third-order valence-corrected chi connectivity index (χ3v) is 6.62. The first-order valence-electron chi connectivity index (χ1n) is 11.3. The summed E-state index contributed by atoms with van der Waals surface area (Å²) in [5.74, 6) is 1.04. The molecular formula is C26H34N2O. The van der Waals surface area contributed by atoms with E-state index in [0.717, 1.165) is 39.0 Å². The highest BCUT2D eigenvalue weighted by atomic mass is 16.2. The van der Waals surface area contributed by atoms with Crippen LogP contribution in [0.2, 0.25) is 0 Å². The van der Waals surface area contributed by atoms with Gasteiger partial charge < -0.3 is 4.90 Å². The minimum absolute atomic E-state index is 0.380. The number of nitrogens with zero attached hydrogens (tertiary/aromatic N) is 2. The maximum Gasteiger partial charge on any atom is 0.222 e. The summed E-state index contributed by atoms with van der Waals surface area (Å²) in [7, 11) is 0. The fraction of sp³-hybridized carbons (Fsp3) is 0.500. The summed E-state index contributed by atoms with van der Waals surface area (Å²) in [6.45, 7) is 7.45. The summed E-state index contributed by atoms with van der Waals surface area (Å²) in [5.41, 5.74) is 5.35. The average Bonchev–Trinajstić information content (AvgIpc) is 3.28. The largest absolute Gasteiger partial charge is 0.343 e. The van der Waals surface area contributed by atoms with Crippen molar-refractivity contribution in [2.24, 2.45) is 5.92 Å². The van der Waals surface area contributed by atoms with Gasteiger partial charge in [-0.05, 0) is 79.8 Å². The number of hydrogen-bond acceptors (Lipinski definition) is 2. The zero-order chi connectivity index (χ0) is 20.1. The molecule has 2 heterocycles. The zero-order valence-corrected chi connectivity index (χ0v) is 17.8. The predicted molar refractivity (Wildman–Crippen MR) is 120 cm³/mol. The number of aryl methyl sites for hydroxylation is 1. The molecule has 0 spiro atoms. The lowest BCUT2D eigenvalue weighted by Gasteiger charge is -2.33. The van der Waals surface area contributed by atoms with Crippen molar-refractivity contribution in [2.45, 2.75) is 52.0 Å². The van der Waals surface area contributed by atoms with Crippen molar-refractivity contribution < 1.29 is 4.79 Å². The minimum Gasteiger partial charge on any atom is -0.343 e. The van der Waals surface area contributed by atoms with Gasteiger partial charge in [-0.25, -0.2) is 0 Å². The molecule has 0 aliphatic carbocycles. The van der Waals surface area contributed by atoms with Crippen LogP contribution in [0, 0.1) is 12.8 Å². The molecular weight excluding hydrogens is 356 g/mol. The topological polar surface area (TPSA) is 23.6 Å². The van der Waals surface area contributed by atoms with Crippen molar-refractivity contribution in [1.29, 1.82) is 0 Å². The van der Waals surface area contributed by atoms with Gasteiger partial charge in [-0.1, -0.05) is 42.5 Å². The van der Waals surface area contributed by atoms with Crippen LogP contribution in [0.4, 0.5) is 0 Å². The van der Waals surface area contributed by atoms with Crippen LogP contribution in [-0.2, 0) is 11.3 Å². The maximum atomic E-state index is 12.4. The normalized spacial score (nSPS) is 20.2. The van der Waals surface area contributed by atoms with Gasteiger partial charge in [0.2, 0.25) is 5.91 Å². The smallest absolute Gasteiger partial charge is 0.222 e. The Balaban J connectivity index is 1.33. The lowest BCUT2D eigenvalue weighted by Crippen LogP contribution is -2.36. The van der Waals surface area contributed by atoms with Gasteiger partial charge in [0.1, 0.15) is 0 Å². The molecule has 0 bridgehead atoms. The molecule has 3 heteroatoms. The Hall–Kier alpha value is -2.13. The molecule has 0 saturated carbocycles. The van der Waals surface area contributed by atoms with E-state index in [2.05, 4.69) is 65.3 Å². The predicted octanol–water partition coefficient (Wildman–Crippen LogP) is 5.28. The monoisotopic (exact) mass is 390 g/mol. The van der Waals surface area contributed by atoms with E-state index in [1.54, 1.807) is 0 Å². The SMILES string of the molecule is Cc1ccccc1-c1cccc(CN2CCC[C@H](CCC(=O)N3CCCC3)C2)c1. The molecule has 2 aliphatic heterocycles. The number of hydrogen-bond donors (Lipinski definition) is 0. The van der Waals surface area contributed by atoms with Crippen LogP contribution in [0.5, 0.6) is 0 Å². The lowest BCUT2D eigenvalue weighted by atomic mass is 9.92. The molecule has 0 unspecified atom stereocenters. The van der Waals surface area contributed by atoms with Gasteiger partial charge in [0.25, 0.3) is 0 Å². The highest BCUT2D eigenvalue weighted by Gasteiger charge is 2.23. The first-order chi connectivity index (χ1) is 14.2. The second-order valence-electron chi connectivity index (χ2n) is 8.89. The number of amides is 1. The summed E-state index contributed by atoms with van der Waals surface area (Å²) >= 11 is 0. The van der Waals surface area contributed by atoms with Gasteiger partial charge in [0.15, 0.2) is 0 Å². The third kappa shape index (κ3) is 5.27. The zero-order valence-electron chi connectivity index (χ0n) is 17.8. The molecule has 1 amide bonds. The van der Waals surface area contributed by atoms with E-state index in [0.29, 0.717) is 11.8 Å². The van der Waals surface area contributed by atoms with Crippen LogP contribution >= 0.6 is 0 Å². The number of carbonyl (C=O) groups is 1. The number of likely N-dealkylation sites (tertiary alicyclic amines) is 2. The lowest BCUT2D eigenvalue weighted by molar-refractivity contribution is -0.130. The van der Waals surface area contributed by atoms with Gasteiger partial charge in [-0.2, -0.15) is 0 Å². The molecule has 2 fully saturated rings. The Morgan fingerprint density at radius 1 is 1.00 bits per heavy atom. The second kappa shape index (κ2) is 9.58. The van der Waals surface area contributed by atoms with Crippen molar-refractivity contribution in [1.82, 2.24) is 9.80 Å². The van der Waals surface area contributed by atoms with Crippen LogP contribution in [0.15, 0.2) is 48.5 Å².